The third kappa shape index (κ3) is 20.2. The van der Waals surface area contributed by atoms with Crippen molar-refractivity contribution in [3.05, 3.63) is 0 Å². The van der Waals surface area contributed by atoms with Crippen LogP contribution in [0.3, 0.4) is 0 Å². The summed E-state index contributed by atoms with van der Waals surface area (Å²) in [5.41, 5.74) is 34.2. The topological polar surface area (TPSA) is 299 Å². The van der Waals surface area contributed by atoms with Gasteiger partial charge in [0, 0.05) is 0 Å². The van der Waals surface area contributed by atoms with E-state index in [9.17, 15) is 24.0 Å². The quantitative estimate of drug-likeness (QED) is 0.0307. The van der Waals surface area contributed by atoms with Gasteiger partial charge in [0.2, 0.25) is 23.6 Å². The normalized spacial score (nSPS) is 14.3. The van der Waals surface area contributed by atoms with Crippen LogP contribution in [0.25, 0.3) is 0 Å². The molecule has 274 valence electrons. The van der Waals surface area contributed by atoms with Crippen LogP contribution >= 0.6 is 0 Å². The third-order valence-corrected chi connectivity index (χ3v) is 7.79. The van der Waals surface area contributed by atoms with E-state index in [0.717, 1.165) is 6.42 Å². The maximum absolute atomic E-state index is 13.7. The van der Waals surface area contributed by atoms with Gasteiger partial charge in [-0.15, -0.1) is 0 Å². The van der Waals surface area contributed by atoms with Gasteiger partial charge in [-0.3, -0.25) is 19.2 Å². The second-order valence-corrected chi connectivity index (χ2v) is 11.8. The number of methoxy groups -OCH3 is 1. The highest BCUT2D eigenvalue weighted by Gasteiger charge is 2.31. The molecule has 0 fully saturated rings. The zero-order valence-electron chi connectivity index (χ0n) is 28.4. The summed E-state index contributed by atoms with van der Waals surface area (Å²) in [5.74, 6) is -2.75. The molecule has 0 aliphatic carbocycles. The molecule has 0 aromatic rings. The molecule has 16 N–H and O–H groups in total. The number of hydrogen-bond acceptors (Lipinski definition) is 12. The summed E-state index contributed by atoms with van der Waals surface area (Å²) >= 11 is 0. The van der Waals surface area contributed by atoms with Crippen molar-refractivity contribution in [3.63, 3.8) is 0 Å². The lowest BCUT2D eigenvalue weighted by Gasteiger charge is -2.27. The lowest BCUT2D eigenvalue weighted by atomic mass is 10.0. The van der Waals surface area contributed by atoms with Gasteiger partial charge in [0.1, 0.15) is 24.2 Å². The Morgan fingerprint density at radius 2 is 0.723 bits per heavy atom. The summed E-state index contributed by atoms with van der Waals surface area (Å²) in [7, 11) is 1.24. The van der Waals surface area contributed by atoms with E-state index in [0.29, 0.717) is 110 Å². The van der Waals surface area contributed by atoms with Crippen molar-refractivity contribution >= 4 is 29.6 Å². The highest BCUT2D eigenvalue weighted by atomic mass is 16.5. The van der Waals surface area contributed by atoms with E-state index in [-0.39, 0.29) is 12.8 Å². The molecule has 0 aromatic heterocycles. The number of nitrogens with two attached hydrogens (primary N) is 6. The van der Waals surface area contributed by atoms with Crippen LogP contribution in [0.15, 0.2) is 0 Å². The van der Waals surface area contributed by atoms with Crippen LogP contribution in [0.2, 0.25) is 0 Å². The maximum atomic E-state index is 13.7. The number of nitrogens with one attached hydrogen (secondary N) is 4. The SMILES string of the molecule is COC(=O)C(CCCCN)NC(=O)C(CCCCN)NC(=O)C(CCCCN)NC(=O)C(CCCCN)NC(=O)C(N)CCCCN. The molecule has 0 heterocycles. The van der Waals surface area contributed by atoms with E-state index < -0.39 is 59.8 Å². The fourth-order valence-corrected chi connectivity index (χ4v) is 4.90. The molecule has 0 spiro atoms. The van der Waals surface area contributed by atoms with Crippen molar-refractivity contribution in [2.24, 2.45) is 34.4 Å². The summed E-state index contributed by atoms with van der Waals surface area (Å²) in [5, 5.41) is 11.0. The van der Waals surface area contributed by atoms with Crippen molar-refractivity contribution in [3.8, 4) is 0 Å². The molecule has 0 aromatic carbocycles. The number of rotatable bonds is 29. The number of amides is 4. The van der Waals surface area contributed by atoms with Gasteiger partial charge in [0.05, 0.1) is 13.2 Å². The smallest absolute Gasteiger partial charge is 0.328 e. The Morgan fingerprint density at radius 3 is 1.04 bits per heavy atom. The Kier molecular flexibility index (Phi) is 26.4. The van der Waals surface area contributed by atoms with E-state index in [1.165, 1.54) is 7.11 Å². The lowest BCUT2D eigenvalue weighted by molar-refractivity contribution is -0.145. The molecule has 0 bridgehead atoms. The fraction of sp³-hybridized carbons (Fsp3) is 0.839. The van der Waals surface area contributed by atoms with Crippen LogP contribution in [-0.4, -0.2) is 99.6 Å². The average molecular weight is 673 g/mol. The summed E-state index contributed by atoms with van der Waals surface area (Å²) in [6.07, 6.45) is 7.70. The van der Waals surface area contributed by atoms with Crippen LogP contribution in [-0.2, 0) is 28.7 Å². The number of unbranched alkanes of at least 4 members (excludes halogenated alkanes) is 5. The largest absolute Gasteiger partial charge is 0.467 e. The molecule has 5 unspecified atom stereocenters. The summed E-state index contributed by atoms with van der Waals surface area (Å²) in [6, 6.07) is -4.69. The molecule has 0 saturated heterocycles. The minimum Gasteiger partial charge on any atom is -0.467 e. The first-order chi connectivity index (χ1) is 22.6. The average Bonchev–Trinajstić information content (AvgIpc) is 3.06. The van der Waals surface area contributed by atoms with E-state index in [4.69, 9.17) is 39.1 Å². The molecule has 5 atom stereocenters. The van der Waals surface area contributed by atoms with Crippen LogP contribution in [0.1, 0.15) is 96.3 Å². The first kappa shape index (κ1) is 44.1. The van der Waals surface area contributed by atoms with Gasteiger partial charge in [0.15, 0.2) is 0 Å². The molecule has 47 heavy (non-hydrogen) atoms. The number of carbonyl (C=O) groups excluding carboxylic acids is 5. The van der Waals surface area contributed by atoms with Crippen LogP contribution in [0.5, 0.6) is 0 Å². The molecular formula is C31H64N10O6. The minimum atomic E-state index is -1.02. The lowest BCUT2D eigenvalue weighted by Crippen LogP contribution is -2.58. The second kappa shape index (κ2) is 28.2. The Labute approximate surface area is 280 Å². The first-order valence-electron chi connectivity index (χ1n) is 17.1. The monoisotopic (exact) mass is 673 g/mol. The number of ether oxygens (including phenoxy) is 1. The number of esters is 1. The van der Waals surface area contributed by atoms with Crippen molar-refractivity contribution in [2.75, 3.05) is 39.8 Å². The standard InChI is InChI=1S/C31H64N10O6/c1-47-31(46)26(16-6-11-21-36)41-30(45)25(15-5-10-20-35)40-29(44)24(14-4-9-19-34)39-28(43)23(13-3-8-18-33)38-27(42)22(37)12-2-7-17-32/h22-26H,2-21,32-37H2,1H3,(H,38,42)(H,39,43)(H,40,44)(H,41,45). The molecule has 16 nitrogen and oxygen atoms in total. The van der Waals surface area contributed by atoms with E-state index in [1.54, 1.807) is 0 Å². The molecule has 16 heteroatoms. The zero-order valence-corrected chi connectivity index (χ0v) is 28.4. The van der Waals surface area contributed by atoms with Gasteiger partial charge in [0.25, 0.3) is 0 Å². The minimum absolute atomic E-state index is 0.248. The van der Waals surface area contributed by atoms with Gasteiger partial charge < -0.3 is 60.4 Å². The van der Waals surface area contributed by atoms with Gasteiger partial charge in [-0.05, 0) is 123 Å². The van der Waals surface area contributed by atoms with Gasteiger partial charge in [-0.2, -0.15) is 0 Å². The van der Waals surface area contributed by atoms with Crippen molar-refractivity contribution < 1.29 is 28.7 Å². The van der Waals surface area contributed by atoms with Crippen molar-refractivity contribution in [1.82, 2.24) is 21.3 Å². The molecule has 0 radical (unpaired) electrons. The zero-order chi connectivity index (χ0) is 35.5. The van der Waals surface area contributed by atoms with Crippen LogP contribution < -0.4 is 55.7 Å². The van der Waals surface area contributed by atoms with Crippen LogP contribution in [0, 0.1) is 0 Å². The Balaban J connectivity index is 5.93. The van der Waals surface area contributed by atoms with Crippen molar-refractivity contribution in [1.29, 1.82) is 0 Å². The van der Waals surface area contributed by atoms with Crippen LogP contribution in [0.4, 0.5) is 0 Å². The molecular weight excluding hydrogens is 608 g/mol. The summed E-state index contributed by atoms with van der Waals surface area (Å²) in [6.45, 7) is 2.14. The molecule has 0 aliphatic rings. The molecule has 0 rings (SSSR count). The van der Waals surface area contributed by atoms with Gasteiger partial charge in [-0.1, -0.05) is 6.42 Å². The first-order valence-corrected chi connectivity index (χ1v) is 17.1. The summed E-state index contributed by atoms with van der Waals surface area (Å²) < 4.78 is 4.87. The highest BCUT2D eigenvalue weighted by molar-refractivity contribution is 5.95. The van der Waals surface area contributed by atoms with Gasteiger partial charge >= 0.3 is 5.97 Å². The summed E-state index contributed by atoms with van der Waals surface area (Å²) in [4.78, 5) is 65.8. The Hall–Kier alpha value is -2.89. The maximum Gasteiger partial charge on any atom is 0.328 e. The predicted octanol–water partition coefficient (Wildman–Crippen LogP) is -1.93. The predicted molar refractivity (Wildman–Crippen MR) is 182 cm³/mol. The van der Waals surface area contributed by atoms with E-state index >= 15 is 0 Å². The molecule has 0 saturated carbocycles. The van der Waals surface area contributed by atoms with E-state index in [2.05, 4.69) is 21.3 Å². The second-order valence-electron chi connectivity index (χ2n) is 11.8. The van der Waals surface area contributed by atoms with Gasteiger partial charge in [-0.25, -0.2) is 4.79 Å². The van der Waals surface area contributed by atoms with E-state index in [1.807, 2.05) is 0 Å². The number of hydrogen-bond donors (Lipinski definition) is 10. The number of carbonyl (C=O) groups is 5. The fourth-order valence-electron chi connectivity index (χ4n) is 4.90. The molecule has 4 amide bonds. The third-order valence-electron chi connectivity index (χ3n) is 7.79. The highest BCUT2D eigenvalue weighted by Crippen LogP contribution is 2.10. The Bertz CT molecular complexity index is 897. The molecule has 0 aliphatic heterocycles. The Morgan fingerprint density at radius 1 is 0.447 bits per heavy atom. The van der Waals surface area contributed by atoms with Crippen molar-refractivity contribution in [2.45, 2.75) is 127 Å².